The molecule has 0 heterocycles. The third kappa shape index (κ3) is 5.52. The van der Waals surface area contributed by atoms with E-state index in [0.717, 1.165) is 17.2 Å². The van der Waals surface area contributed by atoms with Gasteiger partial charge in [0.05, 0.1) is 24.0 Å². The normalized spacial score (nSPS) is 11.5. The molecule has 0 bridgehead atoms. The minimum atomic E-state index is -0.658. The van der Waals surface area contributed by atoms with Crippen LogP contribution in [0, 0.1) is 17.0 Å². The van der Waals surface area contributed by atoms with Crippen LogP contribution in [0.4, 0.5) is 5.69 Å². The number of hydrogen-bond donors (Lipinski definition) is 1. The van der Waals surface area contributed by atoms with Crippen LogP contribution >= 0.6 is 11.6 Å². The van der Waals surface area contributed by atoms with E-state index in [-0.39, 0.29) is 29.3 Å². The maximum absolute atomic E-state index is 12.6. The van der Waals surface area contributed by atoms with Gasteiger partial charge in [0.15, 0.2) is 0 Å². The number of carbonyl (C=O) groups is 2. The zero-order valence-corrected chi connectivity index (χ0v) is 15.7. The number of halogens is 1. The molecule has 27 heavy (non-hydrogen) atoms. The third-order valence-corrected chi connectivity index (χ3v) is 4.19. The summed E-state index contributed by atoms with van der Waals surface area (Å²) in [5, 5.41) is 13.7. The Morgan fingerprint density at radius 3 is 2.48 bits per heavy atom. The van der Waals surface area contributed by atoms with E-state index in [1.807, 2.05) is 31.2 Å². The highest BCUT2D eigenvalue weighted by Gasteiger charge is 2.22. The number of ether oxygens (including phenoxy) is 1. The average molecular weight is 391 g/mol. The van der Waals surface area contributed by atoms with Crippen LogP contribution in [0.5, 0.6) is 0 Å². The first-order valence-electron chi connectivity index (χ1n) is 8.28. The van der Waals surface area contributed by atoms with Crippen molar-refractivity contribution in [3.8, 4) is 0 Å². The second kappa shape index (κ2) is 9.14. The highest BCUT2D eigenvalue weighted by atomic mass is 35.5. The van der Waals surface area contributed by atoms with Crippen molar-refractivity contribution in [1.29, 1.82) is 0 Å². The van der Waals surface area contributed by atoms with E-state index < -0.39 is 22.8 Å². The van der Waals surface area contributed by atoms with Crippen LogP contribution in [-0.2, 0) is 9.53 Å². The molecular weight excluding hydrogens is 372 g/mol. The van der Waals surface area contributed by atoms with Gasteiger partial charge in [-0.1, -0.05) is 41.4 Å². The lowest BCUT2D eigenvalue weighted by atomic mass is 10.0. The standard InChI is InChI=1S/C19H19ClN2O5/c1-3-27-18(23)11-16(13-6-4-12(2)5-7-13)21-19(24)14-8-9-15(20)17(10-14)22(25)26/h4-10,16H,3,11H2,1-2H3,(H,21,24). The van der Waals surface area contributed by atoms with Crippen LogP contribution in [0.2, 0.25) is 5.02 Å². The lowest BCUT2D eigenvalue weighted by Crippen LogP contribution is -2.30. The Kier molecular flexibility index (Phi) is 6.90. The van der Waals surface area contributed by atoms with E-state index in [1.165, 1.54) is 12.1 Å². The molecular formula is C19H19ClN2O5. The van der Waals surface area contributed by atoms with Gasteiger partial charge in [0.1, 0.15) is 5.02 Å². The second-order valence-corrected chi connectivity index (χ2v) is 6.28. The van der Waals surface area contributed by atoms with Gasteiger partial charge in [-0.25, -0.2) is 0 Å². The third-order valence-electron chi connectivity index (χ3n) is 3.87. The number of amides is 1. The molecule has 1 N–H and O–H groups in total. The maximum atomic E-state index is 12.6. The highest BCUT2D eigenvalue weighted by Crippen LogP contribution is 2.26. The molecule has 0 aliphatic carbocycles. The Hall–Kier alpha value is -2.93. The number of nitrogens with one attached hydrogen (secondary N) is 1. The Balaban J connectivity index is 2.27. The van der Waals surface area contributed by atoms with Crippen LogP contribution in [0.25, 0.3) is 0 Å². The summed E-state index contributed by atoms with van der Waals surface area (Å²) in [7, 11) is 0. The Labute approximate surface area is 161 Å². The number of nitrogens with zero attached hydrogens (tertiary/aromatic N) is 1. The summed E-state index contributed by atoms with van der Waals surface area (Å²) in [5.41, 5.74) is 1.48. The summed E-state index contributed by atoms with van der Waals surface area (Å²) in [5.74, 6) is -1.00. The molecule has 0 saturated heterocycles. The van der Waals surface area contributed by atoms with Gasteiger partial charge in [0.25, 0.3) is 11.6 Å². The van der Waals surface area contributed by atoms with Crippen molar-refractivity contribution in [3.63, 3.8) is 0 Å². The van der Waals surface area contributed by atoms with E-state index >= 15 is 0 Å². The predicted octanol–water partition coefficient (Wildman–Crippen LogP) is 3.98. The Morgan fingerprint density at radius 1 is 1.22 bits per heavy atom. The maximum Gasteiger partial charge on any atom is 0.308 e. The molecule has 8 heteroatoms. The predicted molar refractivity (Wildman–Crippen MR) is 101 cm³/mol. The number of carbonyl (C=O) groups excluding carboxylic acids is 2. The Morgan fingerprint density at radius 2 is 1.89 bits per heavy atom. The minimum Gasteiger partial charge on any atom is -0.466 e. The number of benzene rings is 2. The van der Waals surface area contributed by atoms with Crippen molar-refractivity contribution in [2.75, 3.05) is 6.61 Å². The first-order chi connectivity index (χ1) is 12.8. The van der Waals surface area contributed by atoms with Crippen LogP contribution < -0.4 is 5.32 Å². The molecule has 2 rings (SSSR count). The smallest absolute Gasteiger partial charge is 0.308 e. The fraction of sp³-hybridized carbons (Fsp3) is 0.263. The summed E-state index contributed by atoms with van der Waals surface area (Å²) in [6, 6.07) is 10.5. The number of hydrogen-bond acceptors (Lipinski definition) is 5. The van der Waals surface area contributed by atoms with E-state index in [2.05, 4.69) is 5.32 Å². The summed E-state index contributed by atoms with van der Waals surface area (Å²) < 4.78 is 4.97. The topological polar surface area (TPSA) is 98.5 Å². The van der Waals surface area contributed by atoms with Gasteiger partial charge in [-0.15, -0.1) is 0 Å². The Bertz CT molecular complexity index is 852. The molecule has 0 fully saturated rings. The van der Waals surface area contributed by atoms with Gasteiger partial charge in [0.2, 0.25) is 0 Å². The van der Waals surface area contributed by atoms with E-state index in [1.54, 1.807) is 6.92 Å². The molecule has 0 saturated carbocycles. The lowest BCUT2D eigenvalue weighted by Gasteiger charge is -2.19. The molecule has 2 aromatic rings. The molecule has 7 nitrogen and oxygen atoms in total. The number of nitro groups is 1. The molecule has 0 aliphatic rings. The van der Waals surface area contributed by atoms with Crippen LogP contribution in [-0.4, -0.2) is 23.4 Å². The van der Waals surface area contributed by atoms with Crippen LogP contribution in [0.15, 0.2) is 42.5 Å². The molecule has 0 spiro atoms. The molecule has 0 aliphatic heterocycles. The fourth-order valence-electron chi connectivity index (χ4n) is 2.47. The zero-order valence-electron chi connectivity index (χ0n) is 14.9. The van der Waals surface area contributed by atoms with E-state index in [9.17, 15) is 19.7 Å². The summed E-state index contributed by atoms with van der Waals surface area (Å²) >= 11 is 5.78. The number of esters is 1. The van der Waals surface area contributed by atoms with Gasteiger partial charge in [-0.2, -0.15) is 0 Å². The lowest BCUT2D eigenvalue weighted by molar-refractivity contribution is -0.384. The number of rotatable bonds is 7. The molecule has 0 aromatic heterocycles. The molecule has 2 aromatic carbocycles. The molecule has 1 atom stereocenters. The van der Waals surface area contributed by atoms with Crippen molar-refractivity contribution in [2.24, 2.45) is 0 Å². The monoisotopic (exact) mass is 390 g/mol. The van der Waals surface area contributed by atoms with Gasteiger partial charge >= 0.3 is 5.97 Å². The minimum absolute atomic E-state index is 0.0572. The van der Waals surface area contributed by atoms with Crippen molar-refractivity contribution < 1.29 is 19.2 Å². The first kappa shape index (κ1) is 20.4. The van der Waals surface area contributed by atoms with Gasteiger partial charge in [-0.3, -0.25) is 19.7 Å². The zero-order chi connectivity index (χ0) is 20.0. The van der Waals surface area contributed by atoms with Crippen molar-refractivity contribution >= 4 is 29.2 Å². The van der Waals surface area contributed by atoms with Crippen LogP contribution in [0.1, 0.15) is 40.9 Å². The summed E-state index contributed by atoms with van der Waals surface area (Å²) in [6.07, 6.45) is -0.0572. The quantitative estimate of drug-likeness (QED) is 0.438. The van der Waals surface area contributed by atoms with Crippen molar-refractivity contribution in [1.82, 2.24) is 5.32 Å². The molecule has 0 radical (unpaired) electrons. The second-order valence-electron chi connectivity index (χ2n) is 5.87. The first-order valence-corrected chi connectivity index (χ1v) is 8.66. The van der Waals surface area contributed by atoms with E-state index in [0.29, 0.717) is 0 Å². The summed E-state index contributed by atoms with van der Waals surface area (Å²) in [6.45, 7) is 3.86. The van der Waals surface area contributed by atoms with Gasteiger partial charge in [-0.05, 0) is 31.5 Å². The van der Waals surface area contributed by atoms with Crippen molar-refractivity contribution in [2.45, 2.75) is 26.3 Å². The van der Waals surface area contributed by atoms with Gasteiger partial charge in [0, 0.05) is 11.6 Å². The molecule has 142 valence electrons. The molecule has 1 amide bonds. The molecule has 1 unspecified atom stereocenters. The fourth-order valence-corrected chi connectivity index (χ4v) is 2.66. The van der Waals surface area contributed by atoms with Crippen LogP contribution in [0.3, 0.4) is 0 Å². The largest absolute Gasteiger partial charge is 0.466 e. The average Bonchev–Trinajstić information content (AvgIpc) is 2.62. The van der Waals surface area contributed by atoms with Gasteiger partial charge < -0.3 is 10.1 Å². The number of aryl methyl sites for hydroxylation is 1. The van der Waals surface area contributed by atoms with E-state index in [4.69, 9.17) is 16.3 Å². The van der Waals surface area contributed by atoms with Crippen molar-refractivity contribution in [3.05, 3.63) is 74.3 Å². The number of nitro benzene ring substituents is 1. The summed E-state index contributed by atoms with van der Waals surface area (Å²) in [4.78, 5) is 34.9. The highest BCUT2D eigenvalue weighted by molar-refractivity contribution is 6.32. The SMILES string of the molecule is CCOC(=O)CC(NC(=O)c1ccc(Cl)c([N+](=O)[O-])c1)c1ccc(C)cc1.